The van der Waals surface area contributed by atoms with Gasteiger partial charge < -0.3 is 10.2 Å². The van der Waals surface area contributed by atoms with Crippen molar-refractivity contribution < 1.29 is 0 Å². The largest absolute Gasteiger partial charge is 0.312 e. The lowest BCUT2D eigenvalue weighted by Gasteiger charge is -2.42. The quantitative estimate of drug-likeness (QED) is 0.779. The number of piperazine rings is 1. The second-order valence-electron chi connectivity index (χ2n) is 7.26. The molecule has 1 aliphatic heterocycles. The number of hydrogen-bond acceptors (Lipinski definition) is 3. The van der Waals surface area contributed by atoms with E-state index in [9.17, 15) is 0 Å². The lowest BCUT2D eigenvalue weighted by molar-refractivity contribution is 0.0760. The summed E-state index contributed by atoms with van der Waals surface area (Å²) < 4.78 is 0. The Bertz CT molecular complexity index is 276. The summed E-state index contributed by atoms with van der Waals surface area (Å²) in [7, 11) is 2.29. The highest BCUT2D eigenvalue weighted by atomic mass is 15.3. The number of nitrogens with one attached hydrogen (secondary N) is 1. The van der Waals surface area contributed by atoms with Crippen molar-refractivity contribution in [3.05, 3.63) is 0 Å². The molecule has 0 bridgehead atoms. The van der Waals surface area contributed by atoms with Gasteiger partial charge in [-0.25, -0.2) is 0 Å². The highest BCUT2D eigenvalue weighted by molar-refractivity contribution is 4.86. The molecule has 1 heterocycles. The summed E-state index contributed by atoms with van der Waals surface area (Å²) in [6.07, 6.45) is 9.81. The molecule has 0 aromatic rings. The molecule has 0 aromatic carbocycles. The molecule has 2 aliphatic rings. The summed E-state index contributed by atoms with van der Waals surface area (Å²) in [6, 6.07) is 1.49. The smallest absolute Gasteiger partial charge is 0.0223 e. The van der Waals surface area contributed by atoms with Crippen LogP contribution in [0.15, 0.2) is 0 Å². The molecule has 1 saturated carbocycles. The Hall–Kier alpha value is -0.120. The fraction of sp³-hybridized carbons (Fsp3) is 1.00. The minimum Gasteiger partial charge on any atom is -0.312 e. The van der Waals surface area contributed by atoms with Crippen molar-refractivity contribution in [1.29, 1.82) is 0 Å². The van der Waals surface area contributed by atoms with E-state index in [0.717, 1.165) is 18.0 Å². The van der Waals surface area contributed by atoms with Crippen LogP contribution in [0.1, 0.15) is 58.8 Å². The van der Waals surface area contributed by atoms with Crippen molar-refractivity contribution in [2.75, 3.05) is 39.8 Å². The van der Waals surface area contributed by atoms with Crippen molar-refractivity contribution in [1.82, 2.24) is 15.1 Å². The maximum atomic E-state index is 3.88. The monoisotopic (exact) mass is 295 g/mol. The van der Waals surface area contributed by atoms with Gasteiger partial charge in [-0.2, -0.15) is 0 Å². The van der Waals surface area contributed by atoms with Crippen LogP contribution < -0.4 is 5.32 Å². The zero-order chi connectivity index (χ0) is 15.1. The second-order valence-corrected chi connectivity index (χ2v) is 7.26. The third kappa shape index (κ3) is 5.22. The molecule has 2 rings (SSSR count). The summed E-state index contributed by atoms with van der Waals surface area (Å²) >= 11 is 0. The fourth-order valence-corrected chi connectivity index (χ4v) is 4.14. The molecule has 2 fully saturated rings. The first-order valence-electron chi connectivity index (χ1n) is 9.40. The lowest BCUT2D eigenvalue weighted by Crippen LogP contribution is -2.55. The minimum atomic E-state index is 0.728. The lowest BCUT2D eigenvalue weighted by atomic mass is 9.83. The Kier molecular flexibility index (Phi) is 7.48. The molecule has 21 heavy (non-hydrogen) atoms. The van der Waals surface area contributed by atoms with E-state index >= 15 is 0 Å². The van der Waals surface area contributed by atoms with Crippen LogP contribution in [0, 0.1) is 5.92 Å². The summed E-state index contributed by atoms with van der Waals surface area (Å²) in [5.41, 5.74) is 0. The van der Waals surface area contributed by atoms with Gasteiger partial charge in [-0.1, -0.05) is 33.1 Å². The van der Waals surface area contributed by atoms with Crippen LogP contribution in [0.2, 0.25) is 0 Å². The molecular weight excluding hydrogens is 258 g/mol. The van der Waals surface area contributed by atoms with Gasteiger partial charge in [0, 0.05) is 38.3 Å². The van der Waals surface area contributed by atoms with Gasteiger partial charge >= 0.3 is 0 Å². The van der Waals surface area contributed by atoms with Gasteiger partial charge in [0.25, 0.3) is 0 Å². The summed E-state index contributed by atoms with van der Waals surface area (Å²) in [6.45, 7) is 10.8. The molecule has 0 amide bonds. The van der Waals surface area contributed by atoms with Gasteiger partial charge in [0.05, 0.1) is 0 Å². The van der Waals surface area contributed by atoms with Crippen LogP contribution in [0.25, 0.3) is 0 Å². The molecule has 124 valence electrons. The Morgan fingerprint density at radius 2 is 1.86 bits per heavy atom. The van der Waals surface area contributed by atoms with Crippen molar-refractivity contribution in [2.24, 2.45) is 5.92 Å². The van der Waals surface area contributed by atoms with Crippen molar-refractivity contribution in [3.8, 4) is 0 Å². The molecule has 1 saturated heterocycles. The van der Waals surface area contributed by atoms with Gasteiger partial charge in [-0.3, -0.25) is 4.90 Å². The van der Waals surface area contributed by atoms with Gasteiger partial charge in [-0.05, 0) is 45.2 Å². The average molecular weight is 296 g/mol. The zero-order valence-electron chi connectivity index (χ0n) is 14.6. The van der Waals surface area contributed by atoms with E-state index in [4.69, 9.17) is 0 Å². The zero-order valence-corrected chi connectivity index (χ0v) is 14.6. The Labute approximate surface area is 132 Å². The van der Waals surface area contributed by atoms with Crippen LogP contribution in [0.4, 0.5) is 0 Å². The first kappa shape index (κ1) is 17.2. The third-order valence-electron chi connectivity index (χ3n) is 5.66. The average Bonchev–Trinajstić information content (AvgIpc) is 2.53. The Morgan fingerprint density at radius 1 is 1.10 bits per heavy atom. The van der Waals surface area contributed by atoms with Crippen LogP contribution in [0.3, 0.4) is 0 Å². The van der Waals surface area contributed by atoms with Gasteiger partial charge in [0.1, 0.15) is 0 Å². The van der Waals surface area contributed by atoms with Crippen LogP contribution in [-0.4, -0.2) is 61.7 Å². The molecule has 1 N–H and O–H groups in total. The Morgan fingerprint density at radius 3 is 2.52 bits per heavy atom. The topological polar surface area (TPSA) is 18.5 Å². The highest BCUT2D eigenvalue weighted by Gasteiger charge is 2.28. The molecule has 3 nitrogen and oxygen atoms in total. The fourth-order valence-electron chi connectivity index (χ4n) is 4.14. The minimum absolute atomic E-state index is 0.728. The van der Waals surface area contributed by atoms with E-state index < -0.39 is 0 Å². The molecule has 0 spiro atoms. The predicted octanol–water partition coefficient (Wildman–Crippen LogP) is 2.96. The van der Waals surface area contributed by atoms with E-state index in [1.165, 1.54) is 77.7 Å². The first-order valence-corrected chi connectivity index (χ1v) is 9.40. The Balaban J connectivity index is 1.87. The summed E-state index contributed by atoms with van der Waals surface area (Å²) in [5.74, 6) is 0.921. The van der Waals surface area contributed by atoms with Crippen LogP contribution in [0.5, 0.6) is 0 Å². The van der Waals surface area contributed by atoms with Gasteiger partial charge in [0.2, 0.25) is 0 Å². The van der Waals surface area contributed by atoms with Gasteiger partial charge in [-0.15, -0.1) is 0 Å². The predicted molar refractivity (Wildman–Crippen MR) is 91.8 cm³/mol. The number of likely N-dealkylation sites (N-methyl/N-ethyl adjacent to an activating group) is 1. The molecule has 2 atom stereocenters. The second kappa shape index (κ2) is 9.12. The SMILES string of the molecule is CCCNC(CN1CCN(C)C(CC)C1)C1CCCCC1. The van der Waals surface area contributed by atoms with E-state index in [1.807, 2.05) is 0 Å². The standard InChI is InChI=1S/C18H37N3/c1-4-11-19-18(16-9-7-6-8-10-16)15-21-13-12-20(3)17(5-2)14-21/h16-19H,4-15H2,1-3H3. The summed E-state index contributed by atoms with van der Waals surface area (Å²) in [4.78, 5) is 5.28. The molecule has 0 aromatic heterocycles. The highest BCUT2D eigenvalue weighted by Crippen LogP contribution is 2.27. The molecule has 1 aliphatic carbocycles. The van der Waals surface area contributed by atoms with E-state index in [-0.39, 0.29) is 0 Å². The van der Waals surface area contributed by atoms with Crippen LogP contribution in [-0.2, 0) is 0 Å². The molecule has 3 heteroatoms. The molecular formula is C18H37N3. The maximum absolute atomic E-state index is 3.88. The van der Waals surface area contributed by atoms with Crippen molar-refractivity contribution in [2.45, 2.75) is 70.9 Å². The van der Waals surface area contributed by atoms with Crippen LogP contribution >= 0.6 is 0 Å². The summed E-state index contributed by atoms with van der Waals surface area (Å²) in [5, 5.41) is 3.88. The third-order valence-corrected chi connectivity index (χ3v) is 5.66. The van der Waals surface area contributed by atoms with Crippen molar-refractivity contribution in [3.63, 3.8) is 0 Å². The number of hydrogen-bond donors (Lipinski definition) is 1. The maximum Gasteiger partial charge on any atom is 0.0223 e. The van der Waals surface area contributed by atoms with E-state index in [0.29, 0.717) is 0 Å². The van der Waals surface area contributed by atoms with Crippen molar-refractivity contribution >= 4 is 0 Å². The normalized spacial score (nSPS) is 27.9. The number of rotatable bonds is 7. The van der Waals surface area contributed by atoms with Gasteiger partial charge in [0.15, 0.2) is 0 Å². The number of nitrogens with zero attached hydrogens (tertiary/aromatic N) is 2. The molecule has 2 unspecified atom stereocenters. The van der Waals surface area contributed by atoms with E-state index in [1.54, 1.807) is 0 Å². The first-order chi connectivity index (χ1) is 10.2. The molecule has 0 radical (unpaired) electrons. The van der Waals surface area contributed by atoms with E-state index in [2.05, 4.69) is 36.0 Å².